The SMILES string of the molecule is C#C[C@@H](C)C(C)(C)C. The first kappa shape index (κ1) is 7.56. The average Bonchev–Trinajstić information content (AvgIpc) is 1.62. The van der Waals surface area contributed by atoms with Crippen LogP contribution in [0.5, 0.6) is 0 Å². The summed E-state index contributed by atoms with van der Waals surface area (Å²) in [5.41, 5.74) is 0.273. The van der Waals surface area contributed by atoms with Gasteiger partial charge in [-0.3, -0.25) is 0 Å². The molecular weight excluding hydrogens is 96.1 g/mol. The summed E-state index contributed by atoms with van der Waals surface area (Å²) in [5, 5.41) is 0. The van der Waals surface area contributed by atoms with Crippen LogP contribution < -0.4 is 0 Å². The smallest absolute Gasteiger partial charge is 0.0220 e. The van der Waals surface area contributed by atoms with Crippen LogP contribution >= 0.6 is 0 Å². The van der Waals surface area contributed by atoms with Gasteiger partial charge in [-0.05, 0) is 5.41 Å². The molecule has 0 unspecified atom stereocenters. The standard InChI is InChI=1S/C8H14/c1-6-7(2)8(3,4)5/h1,7H,2-5H3/t7-/m1/s1. The highest BCUT2D eigenvalue weighted by Gasteiger charge is 2.16. The summed E-state index contributed by atoms with van der Waals surface area (Å²) in [4.78, 5) is 0. The van der Waals surface area contributed by atoms with Gasteiger partial charge in [-0.25, -0.2) is 0 Å². The van der Waals surface area contributed by atoms with E-state index in [4.69, 9.17) is 6.42 Å². The maximum atomic E-state index is 5.21. The van der Waals surface area contributed by atoms with E-state index in [1.807, 2.05) is 0 Å². The van der Waals surface area contributed by atoms with E-state index in [9.17, 15) is 0 Å². The van der Waals surface area contributed by atoms with Crippen LogP contribution in [0.2, 0.25) is 0 Å². The Bertz CT molecular complexity index is 98.2. The van der Waals surface area contributed by atoms with Crippen molar-refractivity contribution in [1.82, 2.24) is 0 Å². The molecule has 0 radical (unpaired) electrons. The fraction of sp³-hybridized carbons (Fsp3) is 0.750. The molecule has 0 heterocycles. The molecule has 0 aromatic heterocycles. The molecule has 0 heteroatoms. The molecule has 0 bridgehead atoms. The normalized spacial score (nSPS) is 14.9. The molecule has 0 aliphatic carbocycles. The van der Waals surface area contributed by atoms with Crippen molar-refractivity contribution in [2.45, 2.75) is 27.7 Å². The second kappa shape index (κ2) is 2.22. The van der Waals surface area contributed by atoms with Crippen LogP contribution in [0.4, 0.5) is 0 Å². The first-order valence-electron chi connectivity index (χ1n) is 2.94. The van der Waals surface area contributed by atoms with E-state index in [2.05, 4.69) is 33.6 Å². The zero-order chi connectivity index (χ0) is 6.78. The van der Waals surface area contributed by atoms with Gasteiger partial charge >= 0.3 is 0 Å². The van der Waals surface area contributed by atoms with Crippen LogP contribution in [-0.4, -0.2) is 0 Å². The molecule has 8 heavy (non-hydrogen) atoms. The monoisotopic (exact) mass is 110 g/mol. The molecule has 0 saturated heterocycles. The highest BCUT2D eigenvalue weighted by Crippen LogP contribution is 2.23. The second-order valence-corrected chi connectivity index (χ2v) is 3.25. The Balaban J connectivity index is 3.87. The predicted octanol–water partition coefficient (Wildman–Crippen LogP) is 2.30. The maximum absolute atomic E-state index is 5.21. The summed E-state index contributed by atoms with van der Waals surface area (Å²) in [6.45, 7) is 8.52. The van der Waals surface area contributed by atoms with Crippen molar-refractivity contribution in [1.29, 1.82) is 0 Å². The molecule has 0 aromatic carbocycles. The van der Waals surface area contributed by atoms with Crippen LogP contribution in [0.3, 0.4) is 0 Å². The summed E-state index contributed by atoms with van der Waals surface area (Å²) in [5.74, 6) is 3.08. The lowest BCUT2D eigenvalue weighted by Gasteiger charge is -2.21. The summed E-state index contributed by atoms with van der Waals surface area (Å²) < 4.78 is 0. The van der Waals surface area contributed by atoms with E-state index >= 15 is 0 Å². The largest absolute Gasteiger partial charge is 0.120 e. The number of rotatable bonds is 0. The minimum Gasteiger partial charge on any atom is -0.120 e. The highest BCUT2D eigenvalue weighted by molar-refractivity contribution is 4.95. The zero-order valence-corrected chi connectivity index (χ0v) is 6.15. The molecule has 0 fully saturated rings. The van der Waals surface area contributed by atoms with Crippen molar-refractivity contribution in [3.8, 4) is 12.3 Å². The summed E-state index contributed by atoms with van der Waals surface area (Å²) in [6, 6.07) is 0. The van der Waals surface area contributed by atoms with E-state index in [0.717, 1.165) is 0 Å². The number of hydrogen-bond acceptors (Lipinski definition) is 0. The molecule has 0 spiro atoms. The third-order valence-corrected chi connectivity index (χ3v) is 1.55. The van der Waals surface area contributed by atoms with Crippen molar-refractivity contribution in [2.75, 3.05) is 0 Å². The molecule has 0 amide bonds. The molecule has 0 aliphatic rings. The van der Waals surface area contributed by atoms with Gasteiger partial charge in [-0.15, -0.1) is 12.3 Å². The third kappa shape index (κ3) is 2.02. The maximum Gasteiger partial charge on any atom is 0.0220 e. The predicted molar refractivity (Wildman–Crippen MR) is 37.5 cm³/mol. The first-order valence-corrected chi connectivity index (χ1v) is 2.94. The van der Waals surface area contributed by atoms with E-state index in [1.54, 1.807) is 0 Å². The Morgan fingerprint density at radius 3 is 1.75 bits per heavy atom. The molecule has 1 atom stereocenters. The van der Waals surface area contributed by atoms with E-state index in [0.29, 0.717) is 5.92 Å². The molecular formula is C8H14. The molecule has 46 valence electrons. The van der Waals surface area contributed by atoms with E-state index in [-0.39, 0.29) is 5.41 Å². The molecule has 0 saturated carbocycles. The lowest BCUT2D eigenvalue weighted by molar-refractivity contribution is 0.324. The minimum absolute atomic E-state index is 0.273. The number of terminal acetylenes is 1. The molecule has 0 N–H and O–H groups in total. The van der Waals surface area contributed by atoms with Crippen molar-refractivity contribution in [3.05, 3.63) is 0 Å². The Labute approximate surface area is 52.3 Å². The topological polar surface area (TPSA) is 0 Å². The minimum atomic E-state index is 0.273. The molecule has 0 aliphatic heterocycles. The van der Waals surface area contributed by atoms with Crippen LogP contribution in [0, 0.1) is 23.7 Å². The van der Waals surface area contributed by atoms with Gasteiger partial charge in [0.2, 0.25) is 0 Å². The number of hydrogen-bond donors (Lipinski definition) is 0. The Morgan fingerprint density at radius 1 is 1.38 bits per heavy atom. The third-order valence-electron chi connectivity index (χ3n) is 1.55. The van der Waals surface area contributed by atoms with E-state index in [1.165, 1.54) is 0 Å². The first-order chi connectivity index (χ1) is 3.48. The van der Waals surface area contributed by atoms with Crippen LogP contribution in [-0.2, 0) is 0 Å². The van der Waals surface area contributed by atoms with Gasteiger partial charge < -0.3 is 0 Å². The lowest BCUT2D eigenvalue weighted by Crippen LogP contribution is -2.14. The van der Waals surface area contributed by atoms with Gasteiger partial charge in [0.15, 0.2) is 0 Å². The van der Waals surface area contributed by atoms with Crippen molar-refractivity contribution in [2.24, 2.45) is 11.3 Å². The van der Waals surface area contributed by atoms with Crippen LogP contribution in [0.25, 0.3) is 0 Å². The van der Waals surface area contributed by atoms with Gasteiger partial charge in [0.05, 0.1) is 0 Å². The molecule has 0 aromatic rings. The van der Waals surface area contributed by atoms with Crippen LogP contribution in [0.1, 0.15) is 27.7 Å². The Morgan fingerprint density at radius 2 is 1.75 bits per heavy atom. The van der Waals surface area contributed by atoms with E-state index < -0.39 is 0 Å². The Hall–Kier alpha value is -0.440. The summed E-state index contributed by atoms with van der Waals surface area (Å²) >= 11 is 0. The van der Waals surface area contributed by atoms with Gasteiger partial charge in [0.1, 0.15) is 0 Å². The summed E-state index contributed by atoms with van der Waals surface area (Å²) in [6.07, 6.45) is 5.21. The van der Waals surface area contributed by atoms with Crippen molar-refractivity contribution >= 4 is 0 Å². The average molecular weight is 110 g/mol. The molecule has 0 nitrogen and oxygen atoms in total. The van der Waals surface area contributed by atoms with Crippen molar-refractivity contribution in [3.63, 3.8) is 0 Å². The van der Waals surface area contributed by atoms with Crippen molar-refractivity contribution < 1.29 is 0 Å². The molecule has 0 rings (SSSR count). The van der Waals surface area contributed by atoms with Gasteiger partial charge in [-0.2, -0.15) is 0 Å². The van der Waals surface area contributed by atoms with Gasteiger partial charge in [0.25, 0.3) is 0 Å². The summed E-state index contributed by atoms with van der Waals surface area (Å²) in [7, 11) is 0. The quantitative estimate of drug-likeness (QED) is 0.420. The van der Waals surface area contributed by atoms with Gasteiger partial charge in [-0.1, -0.05) is 27.7 Å². The second-order valence-electron chi connectivity index (χ2n) is 3.25. The Kier molecular flexibility index (Phi) is 2.10. The lowest BCUT2D eigenvalue weighted by atomic mass is 9.83. The fourth-order valence-corrected chi connectivity index (χ4v) is 0.250. The fourth-order valence-electron chi connectivity index (χ4n) is 0.250. The highest BCUT2D eigenvalue weighted by atomic mass is 14.2. The zero-order valence-electron chi connectivity index (χ0n) is 6.15. The van der Waals surface area contributed by atoms with Crippen LogP contribution in [0.15, 0.2) is 0 Å². The van der Waals surface area contributed by atoms with Gasteiger partial charge in [0, 0.05) is 5.92 Å².